The molecule has 1 rings (SSSR count). The van der Waals surface area contributed by atoms with Gasteiger partial charge in [-0.05, 0) is 42.6 Å². The van der Waals surface area contributed by atoms with Crippen LogP contribution in [0.2, 0.25) is 0 Å². The van der Waals surface area contributed by atoms with E-state index in [9.17, 15) is 4.79 Å². The SMILES string of the molecule is CCC(CC)CN(CC)Cc1ccc(C(=O)O)cc1C. The van der Waals surface area contributed by atoms with Crippen molar-refractivity contribution in [3.05, 3.63) is 34.9 Å². The summed E-state index contributed by atoms with van der Waals surface area (Å²) >= 11 is 0. The Balaban J connectivity index is 2.77. The van der Waals surface area contributed by atoms with Gasteiger partial charge in [-0.15, -0.1) is 0 Å². The number of carbonyl (C=O) groups is 1. The molecule has 0 aliphatic carbocycles. The fourth-order valence-electron chi connectivity index (χ4n) is 2.46. The summed E-state index contributed by atoms with van der Waals surface area (Å²) in [6, 6.07) is 5.42. The zero-order valence-electron chi connectivity index (χ0n) is 13.1. The molecule has 0 aliphatic heterocycles. The summed E-state index contributed by atoms with van der Waals surface area (Å²) in [5.41, 5.74) is 2.66. The highest BCUT2D eigenvalue weighted by Gasteiger charge is 2.12. The molecule has 0 saturated heterocycles. The molecule has 3 nitrogen and oxygen atoms in total. The minimum Gasteiger partial charge on any atom is -0.478 e. The number of carboxylic acids is 1. The molecular formula is C17H27NO2. The first-order valence-electron chi connectivity index (χ1n) is 7.56. The van der Waals surface area contributed by atoms with Crippen molar-refractivity contribution >= 4 is 5.97 Å². The van der Waals surface area contributed by atoms with Crippen LogP contribution in [-0.4, -0.2) is 29.1 Å². The standard InChI is InChI=1S/C17H27NO2/c1-5-14(6-2)11-18(7-3)12-16-9-8-15(17(19)20)10-13(16)4/h8-10,14H,5-7,11-12H2,1-4H3,(H,19,20). The normalized spacial score (nSPS) is 11.3. The molecule has 0 saturated carbocycles. The van der Waals surface area contributed by atoms with Crippen LogP contribution >= 0.6 is 0 Å². The Labute approximate surface area is 122 Å². The molecule has 20 heavy (non-hydrogen) atoms. The van der Waals surface area contributed by atoms with E-state index in [1.807, 2.05) is 13.0 Å². The van der Waals surface area contributed by atoms with Crippen LogP contribution in [0.25, 0.3) is 0 Å². The second-order valence-corrected chi connectivity index (χ2v) is 5.46. The van der Waals surface area contributed by atoms with Gasteiger partial charge in [0, 0.05) is 13.1 Å². The van der Waals surface area contributed by atoms with E-state index in [1.165, 1.54) is 18.4 Å². The molecule has 0 heterocycles. The van der Waals surface area contributed by atoms with Crippen molar-refractivity contribution in [1.82, 2.24) is 4.90 Å². The van der Waals surface area contributed by atoms with Crippen molar-refractivity contribution < 1.29 is 9.90 Å². The van der Waals surface area contributed by atoms with E-state index in [1.54, 1.807) is 12.1 Å². The Hall–Kier alpha value is -1.35. The van der Waals surface area contributed by atoms with Gasteiger partial charge in [-0.25, -0.2) is 4.79 Å². The quantitative estimate of drug-likeness (QED) is 0.782. The molecule has 112 valence electrons. The van der Waals surface area contributed by atoms with Crippen molar-refractivity contribution in [3.8, 4) is 0 Å². The summed E-state index contributed by atoms with van der Waals surface area (Å²) in [4.78, 5) is 13.4. The summed E-state index contributed by atoms with van der Waals surface area (Å²) in [5, 5.41) is 9.00. The third-order valence-corrected chi connectivity index (χ3v) is 4.10. The number of benzene rings is 1. The summed E-state index contributed by atoms with van der Waals surface area (Å²) in [7, 11) is 0. The number of hydrogen-bond donors (Lipinski definition) is 1. The minimum absolute atomic E-state index is 0.370. The highest BCUT2D eigenvalue weighted by molar-refractivity contribution is 5.87. The smallest absolute Gasteiger partial charge is 0.335 e. The lowest BCUT2D eigenvalue weighted by Crippen LogP contribution is -2.29. The Bertz CT molecular complexity index is 439. The Morgan fingerprint density at radius 2 is 1.90 bits per heavy atom. The van der Waals surface area contributed by atoms with Gasteiger partial charge >= 0.3 is 5.97 Å². The average Bonchev–Trinajstić information content (AvgIpc) is 2.44. The third-order valence-electron chi connectivity index (χ3n) is 4.10. The van der Waals surface area contributed by atoms with Crippen molar-refractivity contribution in [3.63, 3.8) is 0 Å². The highest BCUT2D eigenvalue weighted by atomic mass is 16.4. The van der Waals surface area contributed by atoms with Crippen molar-refractivity contribution in [2.24, 2.45) is 5.92 Å². The van der Waals surface area contributed by atoms with Crippen LogP contribution in [0.4, 0.5) is 0 Å². The van der Waals surface area contributed by atoms with Gasteiger partial charge in [0.25, 0.3) is 0 Å². The minimum atomic E-state index is -0.857. The maximum absolute atomic E-state index is 11.0. The van der Waals surface area contributed by atoms with Gasteiger partial charge in [0.1, 0.15) is 0 Å². The van der Waals surface area contributed by atoms with E-state index >= 15 is 0 Å². The van der Waals surface area contributed by atoms with Gasteiger partial charge in [-0.2, -0.15) is 0 Å². The van der Waals surface area contributed by atoms with Gasteiger partial charge in [0.15, 0.2) is 0 Å². The lowest BCUT2D eigenvalue weighted by Gasteiger charge is -2.26. The molecule has 0 radical (unpaired) electrons. The fraction of sp³-hybridized carbons (Fsp3) is 0.588. The largest absolute Gasteiger partial charge is 0.478 e. The van der Waals surface area contributed by atoms with Crippen LogP contribution in [0, 0.1) is 12.8 Å². The predicted octanol–water partition coefficient (Wildman–Crippen LogP) is 3.95. The van der Waals surface area contributed by atoms with E-state index < -0.39 is 5.97 Å². The van der Waals surface area contributed by atoms with Gasteiger partial charge in [-0.3, -0.25) is 4.90 Å². The Morgan fingerprint density at radius 1 is 1.25 bits per heavy atom. The lowest BCUT2D eigenvalue weighted by molar-refractivity contribution is 0.0696. The Kier molecular flexibility index (Phi) is 6.73. The first kappa shape index (κ1) is 16.7. The van der Waals surface area contributed by atoms with E-state index in [4.69, 9.17) is 5.11 Å². The van der Waals surface area contributed by atoms with Gasteiger partial charge in [-0.1, -0.05) is 39.7 Å². The molecule has 0 unspecified atom stereocenters. The van der Waals surface area contributed by atoms with E-state index in [2.05, 4.69) is 25.7 Å². The predicted molar refractivity (Wildman–Crippen MR) is 83.2 cm³/mol. The van der Waals surface area contributed by atoms with Crippen LogP contribution < -0.4 is 0 Å². The van der Waals surface area contributed by atoms with Crippen molar-refractivity contribution in [2.45, 2.75) is 47.1 Å². The highest BCUT2D eigenvalue weighted by Crippen LogP contribution is 2.16. The van der Waals surface area contributed by atoms with Crippen LogP contribution in [-0.2, 0) is 6.54 Å². The van der Waals surface area contributed by atoms with Crippen molar-refractivity contribution in [2.75, 3.05) is 13.1 Å². The molecule has 0 atom stereocenters. The maximum Gasteiger partial charge on any atom is 0.335 e. The first-order valence-corrected chi connectivity index (χ1v) is 7.56. The van der Waals surface area contributed by atoms with Gasteiger partial charge < -0.3 is 5.11 Å². The van der Waals surface area contributed by atoms with E-state index in [0.717, 1.165) is 31.1 Å². The monoisotopic (exact) mass is 277 g/mol. The number of nitrogens with zero attached hydrogens (tertiary/aromatic N) is 1. The Morgan fingerprint density at radius 3 is 2.35 bits per heavy atom. The molecule has 0 bridgehead atoms. The summed E-state index contributed by atoms with van der Waals surface area (Å²) in [6.45, 7) is 11.7. The van der Waals surface area contributed by atoms with Crippen LogP contribution in [0.5, 0.6) is 0 Å². The lowest BCUT2D eigenvalue weighted by atomic mass is 10.0. The molecule has 0 amide bonds. The van der Waals surface area contributed by atoms with Crippen LogP contribution in [0.1, 0.15) is 55.1 Å². The number of carboxylic acid groups (broad SMARTS) is 1. The maximum atomic E-state index is 11.0. The van der Waals surface area contributed by atoms with Gasteiger partial charge in [0.2, 0.25) is 0 Å². The summed E-state index contributed by atoms with van der Waals surface area (Å²) in [5.74, 6) is -0.113. The number of rotatable bonds is 8. The number of aryl methyl sites for hydroxylation is 1. The fourth-order valence-corrected chi connectivity index (χ4v) is 2.46. The number of hydrogen-bond acceptors (Lipinski definition) is 2. The molecule has 1 N–H and O–H groups in total. The second kappa shape index (κ2) is 8.05. The van der Waals surface area contributed by atoms with E-state index in [-0.39, 0.29) is 0 Å². The second-order valence-electron chi connectivity index (χ2n) is 5.46. The van der Waals surface area contributed by atoms with Gasteiger partial charge in [0.05, 0.1) is 5.56 Å². The average molecular weight is 277 g/mol. The molecule has 1 aromatic carbocycles. The summed E-state index contributed by atoms with van der Waals surface area (Å²) in [6.07, 6.45) is 2.42. The molecule has 0 aliphatic rings. The van der Waals surface area contributed by atoms with Crippen LogP contribution in [0.3, 0.4) is 0 Å². The topological polar surface area (TPSA) is 40.5 Å². The molecule has 0 spiro atoms. The first-order chi connectivity index (χ1) is 9.51. The zero-order valence-corrected chi connectivity index (χ0v) is 13.1. The molecule has 1 aromatic rings. The third kappa shape index (κ3) is 4.64. The molecule has 0 fully saturated rings. The molecule has 0 aromatic heterocycles. The number of aromatic carboxylic acids is 1. The van der Waals surface area contributed by atoms with Crippen molar-refractivity contribution in [1.29, 1.82) is 0 Å². The molecular weight excluding hydrogens is 250 g/mol. The molecule has 3 heteroatoms. The van der Waals surface area contributed by atoms with E-state index in [0.29, 0.717) is 5.56 Å². The van der Waals surface area contributed by atoms with Crippen LogP contribution in [0.15, 0.2) is 18.2 Å². The summed E-state index contributed by atoms with van der Waals surface area (Å²) < 4.78 is 0. The zero-order chi connectivity index (χ0) is 15.1.